The molecule has 27 heavy (non-hydrogen) atoms. The maximum atomic E-state index is 13.2. The molecule has 0 saturated heterocycles. The minimum absolute atomic E-state index is 0.117. The van der Waals surface area contributed by atoms with Gasteiger partial charge in [-0.1, -0.05) is 24.3 Å². The van der Waals surface area contributed by atoms with Gasteiger partial charge in [0.1, 0.15) is 5.69 Å². The highest BCUT2D eigenvalue weighted by Crippen LogP contribution is 2.32. The Morgan fingerprint density at radius 2 is 1.85 bits per heavy atom. The average molecular weight is 409 g/mol. The molecule has 2 heterocycles. The maximum absolute atomic E-state index is 13.2. The van der Waals surface area contributed by atoms with E-state index in [0.717, 1.165) is 11.3 Å². The van der Waals surface area contributed by atoms with Gasteiger partial charge in [-0.3, -0.25) is 0 Å². The second kappa shape index (κ2) is 7.09. The summed E-state index contributed by atoms with van der Waals surface area (Å²) < 4.78 is 64.9. The summed E-state index contributed by atoms with van der Waals surface area (Å²) in [5.74, 6) is -0.679. The predicted molar refractivity (Wildman–Crippen MR) is 92.4 cm³/mol. The fourth-order valence-corrected chi connectivity index (χ4v) is 4.24. The van der Waals surface area contributed by atoms with Gasteiger partial charge in [-0.15, -0.1) is 11.3 Å². The molecule has 0 aliphatic heterocycles. The van der Waals surface area contributed by atoms with Gasteiger partial charge in [-0.25, -0.2) is 18.4 Å². The van der Waals surface area contributed by atoms with Crippen molar-refractivity contribution in [2.75, 3.05) is 0 Å². The van der Waals surface area contributed by atoms with Crippen LogP contribution in [0.1, 0.15) is 16.8 Å². The molecule has 0 atom stereocenters. The van der Waals surface area contributed by atoms with Gasteiger partial charge in [-0.05, 0) is 29.1 Å². The molecule has 0 aliphatic carbocycles. The second-order valence-electron chi connectivity index (χ2n) is 5.42. The Morgan fingerprint density at radius 3 is 2.48 bits per heavy atom. The number of rotatable bonds is 4. The van der Waals surface area contributed by atoms with Crippen molar-refractivity contribution >= 4 is 21.2 Å². The molecule has 3 rings (SSSR count). The molecule has 0 spiro atoms. The molecule has 0 radical (unpaired) electrons. The Kier molecular flexibility index (Phi) is 4.99. The number of halogens is 3. The molecule has 0 fully saturated rings. The zero-order chi connectivity index (χ0) is 19.7. The van der Waals surface area contributed by atoms with Crippen LogP contribution in [0.25, 0.3) is 10.6 Å². The van der Waals surface area contributed by atoms with Gasteiger partial charge in [0.15, 0.2) is 0 Å². The van der Waals surface area contributed by atoms with E-state index in [1.165, 1.54) is 24.3 Å². The van der Waals surface area contributed by atoms with E-state index in [0.29, 0.717) is 10.9 Å². The summed E-state index contributed by atoms with van der Waals surface area (Å²) in [6, 6.07) is 11.7. The average Bonchev–Trinajstić information content (AvgIpc) is 3.15. The number of aromatic nitrogens is 2. The molecule has 10 heteroatoms. The lowest BCUT2D eigenvalue weighted by atomic mass is 10.1. The number of thiophene rings is 1. The molecule has 0 bridgehead atoms. The molecule has 1 aromatic carbocycles. The van der Waals surface area contributed by atoms with E-state index in [-0.39, 0.29) is 16.8 Å². The highest BCUT2D eigenvalue weighted by atomic mass is 32.2. The third-order valence-corrected chi connectivity index (χ3v) is 5.85. The lowest BCUT2D eigenvalue weighted by Crippen LogP contribution is -2.16. The smallest absolute Gasteiger partial charge is 0.220 e. The third-order valence-electron chi connectivity index (χ3n) is 3.53. The highest BCUT2D eigenvalue weighted by Gasteiger charge is 2.35. The van der Waals surface area contributed by atoms with Crippen molar-refractivity contribution in [3.05, 3.63) is 64.7 Å². The summed E-state index contributed by atoms with van der Waals surface area (Å²) >= 11 is 1.13. The van der Waals surface area contributed by atoms with Crippen LogP contribution in [0.3, 0.4) is 0 Å². The van der Waals surface area contributed by atoms with Crippen molar-refractivity contribution in [3.63, 3.8) is 0 Å². The topological polar surface area (TPSA) is 83.7 Å². The SMILES string of the molecule is N#Cc1ccccc1CS(=O)(=O)c1nc(-c2cccs2)cc(C(F)(F)F)n1. The van der Waals surface area contributed by atoms with E-state index in [2.05, 4.69) is 9.97 Å². The quantitative estimate of drug-likeness (QED) is 0.607. The number of nitrogens with zero attached hydrogens (tertiary/aromatic N) is 3. The van der Waals surface area contributed by atoms with Crippen LogP contribution in [-0.2, 0) is 21.8 Å². The van der Waals surface area contributed by atoms with Gasteiger partial charge in [0.25, 0.3) is 0 Å². The molecule has 138 valence electrons. The Morgan fingerprint density at radius 1 is 1.11 bits per heavy atom. The monoisotopic (exact) mass is 409 g/mol. The number of sulfone groups is 1. The normalized spacial score (nSPS) is 11.9. The molecule has 5 nitrogen and oxygen atoms in total. The van der Waals surface area contributed by atoms with Crippen LogP contribution >= 0.6 is 11.3 Å². The zero-order valence-electron chi connectivity index (χ0n) is 13.4. The number of hydrogen-bond donors (Lipinski definition) is 0. The zero-order valence-corrected chi connectivity index (χ0v) is 15.1. The minimum atomic E-state index is -4.83. The Bertz CT molecular complexity index is 1120. The predicted octanol–water partition coefficient (Wildman–Crippen LogP) is 4.07. The van der Waals surface area contributed by atoms with Crippen molar-refractivity contribution in [3.8, 4) is 16.6 Å². The fourth-order valence-electron chi connectivity index (χ4n) is 2.28. The largest absolute Gasteiger partial charge is 0.433 e. The van der Waals surface area contributed by atoms with E-state index in [1.807, 2.05) is 6.07 Å². The molecule has 0 amide bonds. The summed E-state index contributed by atoms with van der Waals surface area (Å²) in [6.07, 6.45) is -4.83. The van der Waals surface area contributed by atoms with Crippen molar-refractivity contribution in [2.24, 2.45) is 0 Å². The van der Waals surface area contributed by atoms with Gasteiger partial charge in [0.05, 0.1) is 28.0 Å². The third kappa shape index (κ3) is 4.15. The van der Waals surface area contributed by atoms with E-state index < -0.39 is 32.6 Å². The molecule has 3 aromatic rings. The Labute approximate surface area is 156 Å². The van der Waals surface area contributed by atoms with Crippen molar-refractivity contribution in [2.45, 2.75) is 17.1 Å². The first-order valence-electron chi connectivity index (χ1n) is 7.41. The first-order chi connectivity index (χ1) is 12.7. The van der Waals surface area contributed by atoms with Crippen LogP contribution in [0.2, 0.25) is 0 Å². The van der Waals surface area contributed by atoms with E-state index in [1.54, 1.807) is 17.5 Å². The molecule has 0 unspecified atom stereocenters. The summed E-state index contributed by atoms with van der Waals surface area (Å²) in [5.41, 5.74) is -1.18. The van der Waals surface area contributed by atoms with Crippen molar-refractivity contribution in [1.29, 1.82) is 5.26 Å². The number of nitriles is 1. The molecule has 0 aliphatic rings. The second-order valence-corrected chi connectivity index (χ2v) is 8.26. The lowest BCUT2D eigenvalue weighted by Gasteiger charge is -2.11. The van der Waals surface area contributed by atoms with E-state index in [9.17, 15) is 21.6 Å². The Balaban J connectivity index is 2.12. The summed E-state index contributed by atoms with van der Waals surface area (Å²) in [6.45, 7) is 0. The summed E-state index contributed by atoms with van der Waals surface area (Å²) in [5, 5.41) is 9.80. The maximum Gasteiger partial charge on any atom is 0.433 e. The van der Waals surface area contributed by atoms with Crippen LogP contribution < -0.4 is 0 Å². The minimum Gasteiger partial charge on any atom is -0.220 e. The van der Waals surface area contributed by atoms with Crippen LogP contribution in [0.5, 0.6) is 0 Å². The van der Waals surface area contributed by atoms with Gasteiger partial charge < -0.3 is 0 Å². The highest BCUT2D eigenvalue weighted by molar-refractivity contribution is 7.90. The molecular weight excluding hydrogens is 399 g/mol. The van der Waals surface area contributed by atoms with Crippen LogP contribution in [0.15, 0.2) is 53.0 Å². The standard InChI is InChI=1S/C17H10F3N3O2S2/c18-17(19,20)15-8-13(14-6-3-7-26-14)22-16(23-15)27(24,25)10-12-5-2-1-4-11(12)9-21/h1-8H,10H2. The lowest BCUT2D eigenvalue weighted by molar-refractivity contribution is -0.141. The van der Waals surface area contributed by atoms with Gasteiger partial charge in [0.2, 0.25) is 15.0 Å². The van der Waals surface area contributed by atoms with Crippen molar-refractivity contribution < 1.29 is 21.6 Å². The van der Waals surface area contributed by atoms with E-state index >= 15 is 0 Å². The van der Waals surface area contributed by atoms with Crippen LogP contribution in [0, 0.1) is 11.3 Å². The van der Waals surface area contributed by atoms with Crippen molar-refractivity contribution in [1.82, 2.24) is 9.97 Å². The van der Waals surface area contributed by atoms with Gasteiger partial charge in [-0.2, -0.15) is 18.4 Å². The number of benzene rings is 1. The first kappa shape index (κ1) is 19.0. The number of hydrogen-bond acceptors (Lipinski definition) is 6. The van der Waals surface area contributed by atoms with Gasteiger partial charge >= 0.3 is 6.18 Å². The first-order valence-corrected chi connectivity index (χ1v) is 9.95. The summed E-state index contributed by atoms with van der Waals surface area (Å²) in [4.78, 5) is 7.46. The number of alkyl halides is 3. The van der Waals surface area contributed by atoms with Crippen LogP contribution in [0.4, 0.5) is 13.2 Å². The molecular formula is C17H10F3N3O2S2. The fraction of sp³-hybridized carbons (Fsp3) is 0.118. The molecule has 0 N–H and O–H groups in total. The Hall–Kier alpha value is -2.77. The van der Waals surface area contributed by atoms with Crippen LogP contribution in [-0.4, -0.2) is 18.4 Å². The molecule has 2 aromatic heterocycles. The van der Waals surface area contributed by atoms with Gasteiger partial charge in [0, 0.05) is 0 Å². The summed E-state index contributed by atoms with van der Waals surface area (Å²) in [7, 11) is -4.31. The molecule has 0 saturated carbocycles. The van der Waals surface area contributed by atoms with E-state index in [4.69, 9.17) is 5.26 Å².